The smallest absolute Gasteiger partial charge is 0.311 e. The Balaban J connectivity index is 1.31. The Labute approximate surface area is 232 Å². The highest BCUT2D eigenvalue weighted by Gasteiger charge is 2.39. The molecular formula is C33H42FNO4. The van der Waals surface area contributed by atoms with Crippen molar-refractivity contribution in [3.05, 3.63) is 64.5 Å². The Bertz CT molecular complexity index is 1200. The molecule has 0 saturated carbocycles. The number of fused-ring (bicyclic) bond motifs is 2. The summed E-state index contributed by atoms with van der Waals surface area (Å²) in [6, 6.07) is 11.0. The minimum absolute atomic E-state index is 0.184. The lowest BCUT2D eigenvalue weighted by Crippen LogP contribution is -2.37. The first kappa shape index (κ1) is 27.9. The van der Waals surface area contributed by atoms with E-state index in [4.69, 9.17) is 14.2 Å². The molecule has 2 heterocycles. The van der Waals surface area contributed by atoms with Gasteiger partial charge in [0.25, 0.3) is 0 Å². The number of carbonyl (C=O) groups excluding carboxylic acids is 1. The zero-order valence-electron chi connectivity index (χ0n) is 23.7. The lowest BCUT2D eigenvalue weighted by atomic mass is 9.85. The monoisotopic (exact) mass is 535 g/mol. The Morgan fingerprint density at radius 1 is 1.10 bits per heavy atom. The molecular weight excluding hydrogens is 493 g/mol. The molecule has 210 valence electrons. The number of halogens is 1. The molecule has 5 nitrogen and oxygen atoms in total. The standard InChI is InChI=1S/C33H42FNO4/c1-23(7-4-8-24-12-14-26(34)15-13-24)25-21-29(38-31(36)11-6-16-35-17-19-37-20-18-35)32-27-9-5-10-28(27)33(2,3)39-30(32)22-25/h12-15,21-23H,4-11,16-20H2,1-3H3. The molecule has 0 radical (unpaired) electrons. The van der Waals surface area contributed by atoms with E-state index < -0.39 is 0 Å². The van der Waals surface area contributed by atoms with E-state index in [9.17, 15) is 9.18 Å². The maximum atomic E-state index is 13.3. The van der Waals surface area contributed by atoms with Crippen molar-refractivity contribution < 1.29 is 23.4 Å². The Morgan fingerprint density at radius 2 is 1.87 bits per heavy atom. The first-order valence-corrected chi connectivity index (χ1v) is 14.7. The number of rotatable bonds is 10. The summed E-state index contributed by atoms with van der Waals surface area (Å²) in [4.78, 5) is 15.4. The Hall–Kier alpha value is -2.70. The molecule has 1 saturated heterocycles. The highest BCUT2D eigenvalue weighted by Crippen LogP contribution is 2.52. The van der Waals surface area contributed by atoms with Crippen LogP contribution in [0.4, 0.5) is 4.39 Å². The van der Waals surface area contributed by atoms with Gasteiger partial charge in [-0.1, -0.05) is 19.1 Å². The van der Waals surface area contributed by atoms with E-state index in [0.717, 1.165) is 100 Å². The van der Waals surface area contributed by atoms with Crippen LogP contribution in [0, 0.1) is 5.82 Å². The van der Waals surface area contributed by atoms with Crippen LogP contribution in [0.5, 0.6) is 11.5 Å². The van der Waals surface area contributed by atoms with Gasteiger partial charge < -0.3 is 14.2 Å². The predicted molar refractivity (Wildman–Crippen MR) is 152 cm³/mol. The summed E-state index contributed by atoms with van der Waals surface area (Å²) in [6.07, 6.45) is 7.15. The van der Waals surface area contributed by atoms with Crippen LogP contribution < -0.4 is 9.47 Å². The van der Waals surface area contributed by atoms with Crippen molar-refractivity contribution in [3.8, 4) is 11.5 Å². The molecule has 6 heteroatoms. The summed E-state index contributed by atoms with van der Waals surface area (Å²) in [5.74, 6) is 1.36. The first-order chi connectivity index (χ1) is 18.8. The molecule has 5 rings (SSSR count). The van der Waals surface area contributed by atoms with Gasteiger partial charge in [-0.3, -0.25) is 9.69 Å². The number of ether oxygens (including phenoxy) is 3. The van der Waals surface area contributed by atoms with Crippen molar-refractivity contribution in [3.63, 3.8) is 0 Å². The van der Waals surface area contributed by atoms with Gasteiger partial charge in [0.15, 0.2) is 0 Å². The maximum Gasteiger partial charge on any atom is 0.311 e. The third-order valence-corrected chi connectivity index (χ3v) is 8.47. The van der Waals surface area contributed by atoms with E-state index in [1.165, 1.54) is 23.3 Å². The minimum atomic E-state index is -0.358. The molecule has 1 atom stereocenters. The van der Waals surface area contributed by atoms with Gasteiger partial charge in [-0.25, -0.2) is 4.39 Å². The van der Waals surface area contributed by atoms with E-state index in [1.54, 1.807) is 0 Å². The largest absolute Gasteiger partial charge is 0.483 e. The number of hydrogen-bond donors (Lipinski definition) is 0. The molecule has 0 bridgehead atoms. The SMILES string of the molecule is CC(CCCc1ccc(F)cc1)c1cc(OC(=O)CCCN2CCOCC2)c2c(c1)OC(C)(C)C1=C2CCC1. The number of hydrogen-bond acceptors (Lipinski definition) is 5. The summed E-state index contributed by atoms with van der Waals surface area (Å²) < 4.78 is 31.4. The van der Waals surface area contributed by atoms with Crippen molar-refractivity contribution in [2.75, 3.05) is 32.8 Å². The number of morpholine rings is 1. The molecule has 0 amide bonds. The number of carbonyl (C=O) groups is 1. The fraction of sp³-hybridized carbons (Fsp3) is 0.545. The van der Waals surface area contributed by atoms with Gasteiger partial charge in [0.2, 0.25) is 0 Å². The van der Waals surface area contributed by atoms with E-state index >= 15 is 0 Å². The van der Waals surface area contributed by atoms with Crippen LogP contribution in [0.15, 0.2) is 42.0 Å². The van der Waals surface area contributed by atoms with Crippen molar-refractivity contribution in [1.29, 1.82) is 0 Å². The third-order valence-electron chi connectivity index (χ3n) is 8.47. The van der Waals surface area contributed by atoms with E-state index in [0.29, 0.717) is 12.2 Å². The fourth-order valence-electron chi connectivity index (χ4n) is 6.25. The average Bonchev–Trinajstić information content (AvgIpc) is 3.41. The number of benzene rings is 2. The van der Waals surface area contributed by atoms with Crippen LogP contribution in [-0.2, 0) is 16.0 Å². The summed E-state index contributed by atoms with van der Waals surface area (Å²) >= 11 is 0. The van der Waals surface area contributed by atoms with E-state index in [-0.39, 0.29) is 23.3 Å². The van der Waals surface area contributed by atoms with Gasteiger partial charge in [0, 0.05) is 19.5 Å². The number of aryl methyl sites for hydroxylation is 1. The van der Waals surface area contributed by atoms with Crippen LogP contribution in [-0.4, -0.2) is 49.3 Å². The summed E-state index contributed by atoms with van der Waals surface area (Å²) in [5.41, 5.74) is 5.52. The van der Waals surface area contributed by atoms with Gasteiger partial charge in [0.1, 0.15) is 22.9 Å². The molecule has 1 unspecified atom stereocenters. The van der Waals surface area contributed by atoms with Crippen LogP contribution in [0.1, 0.15) is 88.3 Å². The highest BCUT2D eigenvalue weighted by atomic mass is 19.1. The lowest BCUT2D eigenvalue weighted by Gasteiger charge is -2.36. The molecule has 1 fully saturated rings. The zero-order chi connectivity index (χ0) is 27.4. The molecule has 1 aliphatic carbocycles. The second kappa shape index (κ2) is 12.2. The first-order valence-electron chi connectivity index (χ1n) is 14.7. The number of esters is 1. The molecule has 0 aromatic heterocycles. The summed E-state index contributed by atoms with van der Waals surface area (Å²) in [5, 5.41) is 0. The Morgan fingerprint density at radius 3 is 2.64 bits per heavy atom. The molecule has 3 aliphatic rings. The molecule has 39 heavy (non-hydrogen) atoms. The zero-order valence-corrected chi connectivity index (χ0v) is 23.7. The minimum Gasteiger partial charge on any atom is -0.483 e. The fourth-order valence-corrected chi connectivity index (χ4v) is 6.25. The average molecular weight is 536 g/mol. The van der Waals surface area contributed by atoms with Gasteiger partial charge in [-0.15, -0.1) is 0 Å². The molecule has 0 spiro atoms. The van der Waals surface area contributed by atoms with E-state index in [2.05, 4.69) is 37.8 Å². The number of nitrogens with zero attached hydrogens (tertiary/aromatic N) is 1. The normalized spacial score (nSPS) is 19.3. The summed E-state index contributed by atoms with van der Waals surface area (Å²) in [7, 11) is 0. The van der Waals surface area contributed by atoms with Crippen molar-refractivity contribution in [1.82, 2.24) is 4.90 Å². The summed E-state index contributed by atoms with van der Waals surface area (Å²) in [6.45, 7) is 10.8. The molecule has 0 N–H and O–H groups in total. The van der Waals surface area contributed by atoms with Crippen molar-refractivity contribution in [2.45, 2.75) is 83.7 Å². The molecule has 2 aromatic carbocycles. The van der Waals surface area contributed by atoms with Gasteiger partial charge in [-0.05, 0) is 118 Å². The van der Waals surface area contributed by atoms with Crippen LogP contribution >= 0.6 is 0 Å². The molecule has 2 aromatic rings. The lowest BCUT2D eigenvalue weighted by molar-refractivity contribution is -0.134. The van der Waals surface area contributed by atoms with Gasteiger partial charge in [0.05, 0.1) is 18.8 Å². The predicted octanol–water partition coefficient (Wildman–Crippen LogP) is 7.08. The van der Waals surface area contributed by atoms with Crippen molar-refractivity contribution >= 4 is 11.5 Å². The second-order valence-electron chi connectivity index (χ2n) is 11.8. The van der Waals surface area contributed by atoms with Crippen LogP contribution in [0.3, 0.4) is 0 Å². The maximum absolute atomic E-state index is 13.3. The highest BCUT2D eigenvalue weighted by molar-refractivity contribution is 5.84. The Kier molecular flexibility index (Phi) is 8.73. The van der Waals surface area contributed by atoms with Gasteiger partial charge in [-0.2, -0.15) is 0 Å². The third kappa shape index (κ3) is 6.72. The topological polar surface area (TPSA) is 48.0 Å². The van der Waals surface area contributed by atoms with Crippen LogP contribution in [0.2, 0.25) is 0 Å². The second-order valence-corrected chi connectivity index (χ2v) is 11.8. The van der Waals surface area contributed by atoms with Crippen LogP contribution in [0.25, 0.3) is 5.57 Å². The van der Waals surface area contributed by atoms with E-state index in [1.807, 2.05) is 12.1 Å². The van der Waals surface area contributed by atoms with Gasteiger partial charge >= 0.3 is 5.97 Å². The quantitative estimate of drug-likeness (QED) is 0.240. The van der Waals surface area contributed by atoms with Crippen molar-refractivity contribution in [2.24, 2.45) is 0 Å². The number of allylic oxidation sites excluding steroid dienone is 1. The molecule has 2 aliphatic heterocycles.